The fourth-order valence-corrected chi connectivity index (χ4v) is 4.52. The third-order valence-corrected chi connectivity index (χ3v) is 6.06. The van der Waals surface area contributed by atoms with Gasteiger partial charge in [-0.25, -0.2) is 4.79 Å². The van der Waals surface area contributed by atoms with Gasteiger partial charge in [0.15, 0.2) is 0 Å². The molecule has 1 atom stereocenters. The zero-order valence-corrected chi connectivity index (χ0v) is 17.9. The molecule has 1 N–H and O–H groups in total. The molecule has 0 spiro atoms. The average Bonchev–Trinajstić information content (AvgIpc) is 3.02. The molecule has 2 aliphatic rings. The van der Waals surface area contributed by atoms with Crippen LogP contribution in [0, 0.1) is 13.8 Å². The van der Waals surface area contributed by atoms with Gasteiger partial charge in [-0.05, 0) is 51.3 Å². The Balaban J connectivity index is 1.58. The van der Waals surface area contributed by atoms with Crippen molar-refractivity contribution < 1.29 is 14.3 Å². The van der Waals surface area contributed by atoms with Crippen molar-refractivity contribution >= 4 is 17.7 Å². The van der Waals surface area contributed by atoms with Gasteiger partial charge in [0.1, 0.15) is 6.17 Å². The fourth-order valence-electron chi connectivity index (χ4n) is 4.52. The number of rotatable bonds is 4. The summed E-state index contributed by atoms with van der Waals surface area (Å²) in [5, 5.41) is 3.62. The molecular formula is C24H29N3O3. The number of hydrogen-bond donors (Lipinski definition) is 1. The number of ether oxygens (including phenoxy) is 1. The first-order chi connectivity index (χ1) is 14.5. The van der Waals surface area contributed by atoms with Gasteiger partial charge in [0.25, 0.3) is 5.91 Å². The van der Waals surface area contributed by atoms with E-state index in [0.717, 1.165) is 35.2 Å². The number of aryl methyl sites for hydroxylation is 2. The third-order valence-electron chi connectivity index (χ3n) is 6.06. The number of anilines is 1. The van der Waals surface area contributed by atoms with Crippen LogP contribution in [0.1, 0.15) is 53.0 Å². The first-order valence-corrected chi connectivity index (χ1v) is 10.7. The first-order valence-electron chi connectivity index (χ1n) is 10.7. The molecular weight excluding hydrogens is 378 g/mol. The highest BCUT2D eigenvalue weighted by atomic mass is 16.6. The monoisotopic (exact) mass is 407 g/mol. The highest BCUT2D eigenvalue weighted by Gasteiger charge is 2.42. The van der Waals surface area contributed by atoms with E-state index in [1.165, 1.54) is 5.56 Å². The molecule has 0 aliphatic carbocycles. The molecule has 2 heterocycles. The van der Waals surface area contributed by atoms with Crippen LogP contribution in [-0.4, -0.2) is 47.5 Å². The summed E-state index contributed by atoms with van der Waals surface area (Å²) in [7, 11) is 0. The molecule has 30 heavy (non-hydrogen) atoms. The second kappa shape index (κ2) is 8.38. The van der Waals surface area contributed by atoms with Crippen LogP contribution >= 0.6 is 0 Å². The minimum atomic E-state index is -0.267. The lowest BCUT2D eigenvalue weighted by molar-refractivity contribution is 0.0496. The quantitative estimate of drug-likeness (QED) is 0.811. The number of likely N-dealkylation sites (tertiary alicyclic amines) is 1. The first kappa shape index (κ1) is 20.3. The molecule has 2 aliphatic heterocycles. The zero-order valence-electron chi connectivity index (χ0n) is 17.9. The maximum Gasteiger partial charge on any atom is 0.409 e. The molecule has 0 saturated carbocycles. The SMILES string of the molecule is CCOC(=O)N1CCC(N2C(=O)c3ccccc3[C@@H]2Nc2ccc(C)cc2C)CC1. The maximum absolute atomic E-state index is 13.3. The highest BCUT2D eigenvalue weighted by Crippen LogP contribution is 2.38. The van der Waals surface area contributed by atoms with Crippen LogP contribution in [-0.2, 0) is 4.74 Å². The average molecular weight is 408 g/mol. The fraction of sp³-hybridized carbons (Fsp3) is 0.417. The van der Waals surface area contributed by atoms with Gasteiger partial charge in [0.05, 0.1) is 6.61 Å². The lowest BCUT2D eigenvalue weighted by Crippen LogP contribution is -2.49. The second-order valence-electron chi connectivity index (χ2n) is 8.08. The molecule has 1 saturated heterocycles. The van der Waals surface area contributed by atoms with Crippen molar-refractivity contribution in [1.82, 2.24) is 9.80 Å². The van der Waals surface area contributed by atoms with Crippen LogP contribution < -0.4 is 5.32 Å². The van der Waals surface area contributed by atoms with E-state index in [2.05, 4.69) is 37.4 Å². The van der Waals surface area contributed by atoms with Crippen molar-refractivity contribution in [3.05, 3.63) is 64.7 Å². The number of carbonyl (C=O) groups is 2. The van der Waals surface area contributed by atoms with Crippen molar-refractivity contribution in [3.8, 4) is 0 Å². The van der Waals surface area contributed by atoms with Gasteiger partial charge in [0.2, 0.25) is 0 Å². The van der Waals surface area contributed by atoms with Gasteiger partial charge in [0, 0.05) is 35.9 Å². The van der Waals surface area contributed by atoms with Gasteiger partial charge >= 0.3 is 6.09 Å². The van der Waals surface area contributed by atoms with Gasteiger partial charge in [-0.3, -0.25) is 4.79 Å². The molecule has 2 aromatic carbocycles. The zero-order chi connectivity index (χ0) is 21.3. The van der Waals surface area contributed by atoms with Gasteiger partial charge in [-0.2, -0.15) is 0 Å². The number of amides is 2. The van der Waals surface area contributed by atoms with Crippen molar-refractivity contribution in [1.29, 1.82) is 0 Å². The summed E-state index contributed by atoms with van der Waals surface area (Å²) in [4.78, 5) is 29.1. The Labute approximate surface area is 177 Å². The van der Waals surface area contributed by atoms with Crippen molar-refractivity contribution in [2.24, 2.45) is 0 Å². The summed E-state index contributed by atoms with van der Waals surface area (Å²) < 4.78 is 5.13. The van der Waals surface area contributed by atoms with Crippen LogP contribution in [0.2, 0.25) is 0 Å². The number of piperidine rings is 1. The van der Waals surface area contributed by atoms with Crippen LogP contribution in [0.15, 0.2) is 42.5 Å². The molecule has 6 nitrogen and oxygen atoms in total. The number of nitrogens with one attached hydrogen (secondary N) is 1. The van der Waals surface area contributed by atoms with Crippen LogP contribution in [0.5, 0.6) is 0 Å². The molecule has 0 bridgehead atoms. The number of carbonyl (C=O) groups excluding carboxylic acids is 2. The van der Waals surface area contributed by atoms with E-state index in [9.17, 15) is 9.59 Å². The molecule has 158 valence electrons. The topological polar surface area (TPSA) is 61.9 Å². The van der Waals surface area contributed by atoms with Crippen molar-refractivity contribution in [2.75, 3.05) is 25.0 Å². The summed E-state index contributed by atoms with van der Waals surface area (Å²) in [5.41, 5.74) is 5.17. The molecule has 6 heteroatoms. The smallest absolute Gasteiger partial charge is 0.409 e. The highest BCUT2D eigenvalue weighted by molar-refractivity contribution is 5.99. The summed E-state index contributed by atoms with van der Waals surface area (Å²) >= 11 is 0. The maximum atomic E-state index is 13.3. The van der Waals surface area contributed by atoms with Crippen LogP contribution in [0.4, 0.5) is 10.5 Å². The molecule has 0 unspecified atom stereocenters. The Kier molecular flexibility index (Phi) is 5.66. The van der Waals surface area contributed by atoms with Crippen molar-refractivity contribution in [2.45, 2.75) is 45.8 Å². The van der Waals surface area contributed by atoms with E-state index in [1.807, 2.05) is 36.1 Å². The lowest BCUT2D eigenvalue weighted by Gasteiger charge is -2.39. The van der Waals surface area contributed by atoms with E-state index < -0.39 is 0 Å². The lowest BCUT2D eigenvalue weighted by atomic mass is 10.0. The Morgan fingerprint density at radius 1 is 1.13 bits per heavy atom. The van der Waals surface area contributed by atoms with E-state index in [-0.39, 0.29) is 24.2 Å². The molecule has 2 aromatic rings. The van der Waals surface area contributed by atoms with Gasteiger partial charge < -0.3 is 19.9 Å². The van der Waals surface area contributed by atoms with Crippen molar-refractivity contribution in [3.63, 3.8) is 0 Å². The minimum Gasteiger partial charge on any atom is -0.450 e. The summed E-state index contributed by atoms with van der Waals surface area (Å²) in [6.45, 7) is 7.55. The normalized spacial score (nSPS) is 19.0. The Bertz CT molecular complexity index is 950. The number of nitrogens with zero attached hydrogens (tertiary/aromatic N) is 2. The number of hydrogen-bond acceptors (Lipinski definition) is 4. The van der Waals surface area contributed by atoms with E-state index in [1.54, 1.807) is 4.90 Å². The standard InChI is InChI=1S/C24H29N3O3/c1-4-30-24(29)26-13-11-18(12-14-26)27-22(19-7-5-6-8-20(19)23(27)28)25-21-10-9-16(2)15-17(21)3/h5-10,15,18,22,25H,4,11-14H2,1-3H3/t22-/m1/s1. The third kappa shape index (κ3) is 3.74. The predicted octanol–water partition coefficient (Wildman–Crippen LogP) is 4.49. The van der Waals surface area contributed by atoms with Gasteiger partial charge in [-0.1, -0.05) is 35.9 Å². The number of fused-ring (bicyclic) bond motifs is 1. The largest absolute Gasteiger partial charge is 0.450 e. The van der Waals surface area contributed by atoms with Crippen LogP contribution in [0.3, 0.4) is 0 Å². The van der Waals surface area contributed by atoms with E-state index >= 15 is 0 Å². The summed E-state index contributed by atoms with van der Waals surface area (Å²) in [6, 6.07) is 14.2. The van der Waals surface area contributed by atoms with E-state index in [0.29, 0.717) is 19.7 Å². The molecule has 4 rings (SSSR count). The second-order valence-corrected chi connectivity index (χ2v) is 8.08. The summed E-state index contributed by atoms with van der Waals surface area (Å²) in [5.74, 6) is 0.0578. The van der Waals surface area contributed by atoms with Crippen LogP contribution in [0.25, 0.3) is 0 Å². The molecule has 2 amide bonds. The molecule has 0 aromatic heterocycles. The molecule has 1 fully saturated rings. The Hall–Kier alpha value is -3.02. The minimum absolute atomic E-state index is 0.0578. The Morgan fingerprint density at radius 3 is 2.57 bits per heavy atom. The Morgan fingerprint density at radius 2 is 1.87 bits per heavy atom. The predicted molar refractivity (Wildman–Crippen MR) is 117 cm³/mol. The number of benzene rings is 2. The molecule has 0 radical (unpaired) electrons. The van der Waals surface area contributed by atoms with E-state index in [4.69, 9.17) is 4.74 Å². The summed E-state index contributed by atoms with van der Waals surface area (Å²) in [6.07, 6.45) is 0.999. The van der Waals surface area contributed by atoms with Gasteiger partial charge in [-0.15, -0.1) is 0 Å².